The summed E-state index contributed by atoms with van der Waals surface area (Å²) in [6.45, 7) is 0.443. The lowest BCUT2D eigenvalue weighted by atomic mass is 10.1. The highest BCUT2D eigenvalue weighted by Crippen LogP contribution is 2.33. The molecule has 1 amide bonds. The number of hydrogen-bond acceptors (Lipinski definition) is 2. The van der Waals surface area contributed by atoms with E-state index in [0.29, 0.717) is 24.3 Å². The number of halogens is 2. The first-order valence-corrected chi connectivity index (χ1v) is 7.86. The molecule has 4 nitrogen and oxygen atoms in total. The number of amides is 1. The van der Waals surface area contributed by atoms with Gasteiger partial charge in [0.05, 0.1) is 0 Å². The van der Waals surface area contributed by atoms with Gasteiger partial charge >= 0.3 is 6.09 Å². The minimum absolute atomic E-state index is 0.364. The van der Waals surface area contributed by atoms with E-state index in [1.165, 1.54) is 29.2 Å². The molecule has 1 atom stereocenters. The molecule has 2 aromatic rings. The number of likely N-dealkylation sites (tertiary alicyclic amines) is 1. The molecule has 3 rings (SSSR count). The summed E-state index contributed by atoms with van der Waals surface area (Å²) < 4.78 is 26.6. The predicted octanol–water partition coefficient (Wildman–Crippen LogP) is 4.59. The molecule has 1 saturated heterocycles. The fourth-order valence-corrected chi connectivity index (χ4v) is 3.10. The van der Waals surface area contributed by atoms with E-state index in [9.17, 15) is 18.7 Å². The molecule has 1 aliphatic rings. The molecule has 0 radical (unpaired) electrons. The molecule has 24 heavy (non-hydrogen) atoms. The molecule has 0 bridgehead atoms. The molecule has 1 aliphatic heterocycles. The van der Waals surface area contributed by atoms with E-state index in [1.807, 2.05) is 4.90 Å². The van der Waals surface area contributed by atoms with Crippen LogP contribution in [0.5, 0.6) is 0 Å². The highest BCUT2D eigenvalue weighted by molar-refractivity contribution is 5.70. The van der Waals surface area contributed by atoms with Gasteiger partial charge in [-0.1, -0.05) is 0 Å². The Bertz CT molecular complexity index is 658. The summed E-state index contributed by atoms with van der Waals surface area (Å²) in [6, 6.07) is 11.8. The van der Waals surface area contributed by atoms with Crippen molar-refractivity contribution in [3.8, 4) is 0 Å². The summed E-state index contributed by atoms with van der Waals surface area (Å²) >= 11 is 0. The first-order chi connectivity index (χ1) is 11.6. The van der Waals surface area contributed by atoms with Gasteiger partial charge in [0, 0.05) is 17.9 Å². The van der Waals surface area contributed by atoms with Gasteiger partial charge in [-0.3, -0.25) is 4.90 Å². The van der Waals surface area contributed by atoms with Crippen LogP contribution in [0.2, 0.25) is 0 Å². The average molecular weight is 332 g/mol. The van der Waals surface area contributed by atoms with Crippen molar-refractivity contribution < 1.29 is 18.7 Å². The molecular weight excluding hydrogens is 314 g/mol. The van der Waals surface area contributed by atoms with E-state index < -0.39 is 12.3 Å². The number of piperidine rings is 1. The fourth-order valence-electron chi connectivity index (χ4n) is 3.10. The molecule has 0 saturated carbocycles. The number of benzene rings is 2. The lowest BCUT2D eigenvalue weighted by Gasteiger charge is -2.42. The van der Waals surface area contributed by atoms with E-state index in [2.05, 4.69) is 0 Å². The van der Waals surface area contributed by atoms with Gasteiger partial charge in [-0.15, -0.1) is 0 Å². The molecule has 6 heteroatoms. The van der Waals surface area contributed by atoms with Crippen LogP contribution < -0.4 is 4.90 Å². The zero-order chi connectivity index (χ0) is 17.1. The average Bonchev–Trinajstić information content (AvgIpc) is 2.59. The third-order valence-corrected chi connectivity index (χ3v) is 4.22. The standard InChI is InChI=1S/C18H18F2N2O2/c19-13-4-8-15(9-5-13)22(16-10-6-14(20)7-11-16)17-3-1-2-12-21(17)18(23)24/h4-11,17H,1-3,12H2,(H,23,24). The molecule has 1 heterocycles. The van der Waals surface area contributed by atoms with Crippen LogP contribution in [0.4, 0.5) is 25.0 Å². The first-order valence-electron chi connectivity index (χ1n) is 7.86. The molecule has 0 spiro atoms. The Balaban J connectivity index is 2.05. The summed E-state index contributed by atoms with van der Waals surface area (Å²) in [5, 5.41) is 9.52. The smallest absolute Gasteiger partial charge is 0.408 e. The van der Waals surface area contributed by atoms with Gasteiger partial charge in [0.2, 0.25) is 0 Å². The van der Waals surface area contributed by atoms with Crippen LogP contribution >= 0.6 is 0 Å². The summed E-state index contributed by atoms with van der Waals surface area (Å²) in [7, 11) is 0. The zero-order valence-electron chi connectivity index (χ0n) is 13.0. The molecular formula is C18H18F2N2O2. The Morgan fingerprint density at radius 3 is 1.92 bits per heavy atom. The van der Waals surface area contributed by atoms with Crippen LogP contribution in [0.3, 0.4) is 0 Å². The van der Waals surface area contributed by atoms with Crippen LogP contribution in [0, 0.1) is 11.6 Å². The molecule has 0 aromatic heterocycles. The van der Waals surface area contributed by atoms with Crippen LogP contribution in [0.15, 0.2) is 48.5 Å². The Labute approximate surface area is 138 Å². The number of rotatable bonds is 3. The largest absolute Gasteiger partial charge is 0.465 e. The van der Waals surface area contributed by atoms with Crippen molar-refractivity contribution in [2.45, 2.75) is 25.4 Å². The molecule has 0 aliphatic carbocycles. The summed E-state index contributed by atoms with van der Waals surface area (Å²) in [5.41, 5.74) is 1.34. The molecule has 1 N–H and O–H groups in total. The zero-order valence-corrected chi connectivity index (χ0v) is 13.0. The van der Waals surface area contributed by atoms with Crippen molar-refractivity contribution in [2.75, 3.05) is 11.4 Å². The number of hydrogen-bond donors (Lipinski definition) is 1. The van der Waals surface area contributed by atoms with Gasteiger partial charge in [-0.2, -0.15) is 0 Å². The SMILES string of the molecule is O=C(O)N1CCCCC1N(c1ccc(F)cc1)c1ccc(F)cc1. The lowest BCUT2D eigenvalue weighted by molar-refractivity contribution is 0.108. The number of carbonyl (C=O) groups is 1. The monoisotopic (exact) mass is 332 g/mol. The normalized spacial score (nSPS) is 17.6. The van der Waals surface area contributed by atoms with Gasteiger partial charge in [0.1, 0.15) is 17.8 Å². The maximum atomic E-state index is 13.3. The van der Waals surface area contributed by atoms with E-state index in [1.54, 1.807) is 24.3 Å². The number of nitrogens with zero attached hydrogens (tertiary/aromatic N) is 2. The van der Waals surface area contributed by atoms with Crippen LogP contribution in [-0.2, 0) is 0 Å². The van der Waals surface area contributed by atoms with Crippen molar-refractivity contribution in [3.63, 3.8) is 0 Å². The minimum atomic E-state index is -0.992. The van der Waals surface area contributed by atoms with Crippen LogP contribution in [0.25, 0.3) is 0 Å². The summed E-state index contributed by atoms with van der Waals surface area (Å²) in [4.78, 5) is 14.8. The third kappa shape index (κ3) is 3.32. The molecule has 126 valence electrons. The van der Waals surface area contributed by atoms with Crippen molar-refractivity contribution in [3.05, 3.63) is 60.2 Å². The molecule has 2 aromatic carbocycles. The topological polar surface area (TPSA) is 43.8 Å². The lowest BCUT2D eigenvalue weighted by Crippen LogP contribution is -2.51. The fraction of sp³-hybridized carbons (Fsp3) is 0.278. The maximum absolute atomic E-state index is 13.3. The van der Waals surface area contributed by atoms with Crippen molar-refractivity contribution in [2.24, 2.45) is 0 Å². The molecule has 1 fully saturated rings. The van der Waals surface area contributed by atoms with Gasteiger partial charge < -0.3 is 10.0 Å². The van der Waals surface area contributed by atoms with Gasteiger partial charge in [-0.05, 0) is 67.8 Å². The minimum Gasteiger partial charge on any atom is -0.465 e. The van der Waals surface area contributed by atoms with E-state index in [0.717, 1.165) is 12.8 Å². The predicted molar refractivity (Wildman–Crippen MR) is 87.3 cm³/mol. The maximum Gasteiger partial charge on any atom is 0.408 e. The Morgan fingerprint density at radius 1 is 0.958 bits per heavy atom. The Hall–Kier alpha value is -2.63. The van der Waals surface area contributed by atoms with Gasteiger partial charge in [0.25, 0.3) is 0 Å². The van der Waals surface area contributed by atoms with Crippen molar-refractivity contribution in [1.82, 2.24) is 4.90 Å². The second kappa shape index (κ2) is 6.86. The van der Waals surface area contributed by atoms with E-state index >= 15 is 0 Å². The Kier molecular flexibility index (Phi) is 4.64. The second-order valence-electron chi connectivity index (χ2n) is 5.78. The van der Waals surface area contributed by atoms with Crippen molar-refractivity contribution in [1.29, 1.82) is 0 Å². The highest BCUT2D eigenvalue weighted by atomic mass is 19.1. The number of carboxylic acid groups (broad SMARTS) is 1. The molecule has 1 unspecified atom stereocenters. The van der Waals surface area contributed by atoms with Crippen LogP contribution in [0.1, 0.15) is 19.3 Å². The quantitative estimate of drug-likeness (QED) is 0.894. The third-order valence-electron chi connectivity index (χ3n) is 4.22. The van der Waals surface area contributed by atoms with Crippen molar-refractivity contribution >= 4 is 17.5 Å². The Morgan fingerprint density at radius 2 is 1.46 bits per heavy atom. The van der Waals surface area contributed by atoms with E-state index in [4.69, 9.17) is 0 Å². The number of anilines is 2. The van der Waals surface area contributed by atoms with Gasteiger partial charge in [0.15, 0.2) is 0 Å². The second-order valence-corrected chi connectivity index (χ2v) is 5.78. The van der Waals surface area contributed by atoms with E-state index in [-0.39, 0.29) is 11.6 Å². The first kappa shape index (κ1) is 16.2. The highest BCUT2D eigenvalue weighted by Gasteiger charge is 2.32. The summed E-state index contributed by atoms with van der Waals surface area (Å²) in [5.74, 6) is -0.729. The summed E-state index contributed by atoms with van der Waals surface area (Å²) in [6.07, 6.45) is 0.957. The van der Waals surface area contributed by atoms with Crippen LogP contribution in [-0.4, -0.2) is 28.8 Å². The van der Waals surface area contributed by atoms with Gasteiger partial charge in [-0.25, -0.2) is 13.6 Å².